The number of allylic oxidation sites excluding steroid dienone is 1. The Balaban J connectivity index is 1.87. The van der Waals surface area contributed by atoms with Crippen LogP contribution in [0.25, 0.3) is 0 Å². The van der Waals surface area contributed by atoms with E-state index in [0.717, 1.165) is 4.90 Å². The number of ketones is 1. The summed E-state index contributed by atoms with van der Waals surface area (Å²) in [4.78, 5) is 40.2. The number of alkyl halides is 3. The largest absolute Gasteiger partial charge is 0.425 e. The van der Waals surface area contributed by atoms with Crippen LogP contribution in [0.2, 0.25) is 0 Å². The molecule has 1 aliphatic carbocycles. The Morgan fingerprint density at radius 2 is 1.59 bits per heavy atom. The summed E-state index contributed by atoms with van der Waals surface area (Å²) in [7, 11) is 0. The molecule has 166 valence electrons. The first kappa shape index (κ1) is 21.8. The van der Waals surface area contributed by atoms with Crippen LogP contribution >= 0.6 is 0 Å². The van der Waals surface area contributed by atoms with Crippen LogP contribution in [0.5, 0.6) is 0 Å². The molecule has 0 spiro atoms. The molecule has 1 N–H and O–H groups in total. The Labute approximate surface area is 182 Å². The Morgan fingerprint density at radius 3 is 2.12 bits per heavy atom. The highest BCUT2D eigenvalue weighted by Gasteiger charge is 2.70. The van der Waals surface area contributed by atoms with Gasteiger partial charge in [0.05, 0.1) is 12.1 Å². The van der Waals surface area contributed by atoms with Crippen LogP contribution in [-0.4, -0.2) is 34.2 Å². The first-order valence-corrected chi connectivity index (χ1v) is 10.2. The fourth-order valence-corrected chi connectivity index (χ4v) is 3.98. The first-order valence-electron chi connectivity index (χ1n) is 10.2. The molecule has 1 atom stereocenters. The van der Waals surface area contributed by atoms with E-state index in [2.05, 4.69) is 0 Å². The van der Waals surface area contributed by atoms with Crippen molar-refractivity contribution in [1.82, 2.24) is 10.2 Å². The van der Waals surface area contributed by atoms with Crippen molar-refractivity contribution < 1.29 is 27.6 Å². The Kier molecular flexibility index (Phi) is 5.40. The molecule has 0 bridgehead atoms. The monoisotopic (exact) mass is 442 g/mol. The number of Topliss-reactive ketones (excluding diaryl/α,β-unsaturated/α-hetero) is 1. The van der Waals surface area contributed by atoms with Gasteiger partial charge in [-0.1, -0.05) is 60.7 Å². The minimum Gasteiger partial charge on any atom is -0.330 e. The highest BCUT2D eigenvalue weighted by molar-refractivity contribution is 6.19. The quantitative estimate of drug-likeness (QED) is 0.688. The summed E-state index contributed by atoms with van der Waals surface area (Å²) >= 11 is 0. The zero-order valence-electron chi connectivity index (χ0n) is 17.3. The lowest BCUT2D eigenvalue weighted by atomic mass is 9.84. The van der Waals surface area contributed by atoms with Crippen molar-refractivity contribution in [2.24, 2.45) is 5.92 Å². The van der Waals surface area contributed by atoms with E-state index in [1.807, 2.05) is 5.32 Å². The normalized spacial score (nSPS) is 21.1. The van der Waals surface area contributed by atoms with Gasteiger partial charge < -0.3 is 10.2 Å². The van der Waals surface area contributed by atoms with Gasteiger partial charge >= 0.3 is 6.18 Å². The van der Waals surface area contributed by atoms with Crippen molar-refractivity contribution in [3.8, 4) is 0 Å². The number of halogens is 3. The molecule has 0 unspecified atom stereocenters. The summed E-state index contributed by atoms with van der Waals surface area (Å²) < 4.78 is 44.0. The summed E-state index contributed by atoms with van der Waals surface area (Å²) in [5.41, 5.74) is -3.71. The average Bonchev–Trinajstić information content (AvgIpc) is 3.59. The van der Waals surface area contributed by atoms with Gasteiger partial charge in [0, 0.05) is 17.2 Å². The minimum atomic E-state index is -5.22. The smallest absolute Gasteiger partial charge is 0.330 e. The van der Waals surface area contributed by atoms with E-state index in [9.17, 15) is 27.6 Å². The maximum Gasteiger partial charge on any atom is 0.425 e. The number of carbonyl (C=O) groups is 3. The van der Waals surface area contributed by atoms with Gasteiger partial charge in [0.25, 0.3) is 5.91 Å². The molecule has 1 aliphatic heterocycles. The van der Waals surface area contributed by atoms with Gasteiger partial charge in [0.2, 0.25) is 11.4 Å². The molecular formula is C24H21F3N2O3. The Bertz CT molecular complexity index is 1090. The van der Waals surface area contributed by atoms with E-state index in [0.29, 0.717) is 18.4 Å². The maximum absolute atomic E-state index is 14.7. The molecule has 32 heavy (non-hydrogen) atoms. The third kappa shape index (κ3) is 3.59. The number of nitrogens with one attached hydrogen (secondary N) is 1. The summed E-state index contributed by atoms with van der Waals surface area (Å²) in [6.07, 6.45) is -4.32. The molecule has 2 amide bonds. The lowest BCUT2D eigenvalue weighted by Crippen LogP contribution is -2.66. The molecule has 2 aromatic rings. The summed E-state index contributed by atoms with van der Waals surface area (Å²) in [6, 6.07) is 16.0. The van der Waals surface area contributed by atoms with Crippen molar-refractivity contribution in [2.45, 2.75) is 38.0 Å². The van der Waals surface area contributed by atoms with Gasteiger partial charge in [0.1, 0.15) is 0 Å². The number of nitrogens with zero attached hydrogens (tertiary/aromatic N) is 1. The molecular weight excluding hydrogens is 421 g/mol. The number of carbonyl (C=O) groups excluding carboxylic acids is 3. The van der Waals surface area contributed by atoms with E-state index in [-0.39, 0.29) is 17.8 Å². The fourth-order valence-electron chi connectivity index (χ4n) is 3.98. The summed E-state index contributed by atoms with van der Waals surface area (Å²) in [5.74, 6) is -3.78. The minimum absolute atomic E-state index is 0.00510. The molecule has 1 heterocycles. The second kappa shape index (κ2) is 7.93. The van der Waals surface area contributed by atoms with Crippen LogP contribution < -0.4 is 5.32 Å². The lowest BCUT2D eigenvalue weighted by molar-refractivity contribution is -0.193. The van der Waals surface area contributed by atoms with E-state index >= 15 is 0 Å². The van der Waals surface area contributed by atoms with Crippen molar-refractivity contribution in [2.75, 3.05) is 0 Å². The predicted molar refractivity (Wildman–Crippen MR) is 110 cm³/mol. The van der Waals surface area contributed by atoms with Crippen LogP contribution in [-0.2, 0) is 16.1 Å². The third-order valence-corrected chi connectivity index (χ3v) is 5.84. The van der Waals surface area contributed by atoms with Crippen LogP contribution in [0.4, 0.5) is 13.2 Å². The number of rotatable bonds is 6. The number of amides is 2. The molecule has 0 aromatic heterocycles. The maximum atomic E-state index is 14.7. The van der Waals surface area contributed by atoms with Gasteiger partial charge in [-0.15, -0.1) is 0 Å². The van der Waals surface area contributed by atoms with Gasteiger partial charge in [-0.05, 0) is 25.3 Å². The number of hydrogen-bond acceptors (Lipinski definition) is 3. The molecule has 8 heteroatoms. The molecule has 4 rings (SSSR count). The first-order chi connectivity index (χ1) is 15.2. The van der Waals surface area contributed by atoms with Gasteiger partial charge in [-0.3, -0.25) is 14.4 Å². The van der Waals surface area contributed by atoms with Crippen LogP contribution in [0.3, 0.4) is 0 Å². The zero-order valence-corrected chi connectivity index (χ0v) is 17.3. The zero-order chi connectivity index (χ0) is 23.1. The average molecular weight is 442 g/mol. The van der Waals surface area contributed by atoms with Crippen molar-refractivity contribution in [3.63, 3.8) is 0 Å². The van der Waals surface area contributed by atoms with E-state index in [1.165, 1.54) is 31.2 Å². The van der Waals surface area contributed by atoms with Gasteiger partial charge in [-0.2, -0.15) is 13.2 Å². The predicted octanol–water partition coefficient (Wildman–Crippen LogP) is 4.01. The topological polar surface area (TPSA) is 66.5 Å². The van der Waals surface area contributed by atoms with E-state index in [1.54, 1.807) is 36.4 Å². The molecule has 2 aliphatic rings. The fraction of sp³-hybridized carbons (Fsp3) is 0.292. The van der Waals surface area contributed by atoms with Gasteiger partial charge in [-0.25, -0.2) is 0 Å². The highest BCUT2D eigenvalue weighted by atomic mass is 19.4. The second-order valence-corrected chi connectivity index (χ2v) is 8.04. The Morgan fingerprint density at radius 1 is 1.03 bits per heavy atom. The summed E-state index contributed by atoms with van der Waals surface area (Å²) in [5, 5.41) is 1.96. The van der Waals surface area contributed by atoms with Crippen molar-refractivity contribution >= 4 is 17.6 Å². The number of hydrogen-bond donors (Lipinski definition) is 1. The molecule has 0 saturated heterocycles. The van der Waals surface area contributed by atoms with Crippen LogP contribution in [0, 0.1) is 5.92 Å². The van der Waals surface area contributed by atoms with Crippen molar-refractivity contribution in [3.05, 3.63) is 83.1 Å². The van der Waals surface area contributed by atoms with E-state index in [4.69, 9.17) is 0 Å². The molecule has 1 fully saturated rings. The Hall–Kier alpha value is -3.42. The molecule has 0 radical (unpaired) electrons. The third-order valence-electron chi connectivity index (χ3n) is 5.84. The van der Waals surface area contributed by atoms with Crippen LogP contribution in [0.1, 0.15) is 35.7 Å². The molecule has 1 saturated carbocycles. The SMILES string of the molecule is CC1=C(C(=O)c2ccccc2)[C@](NC(=O)C2CC2)(C(F)(F)F)C(=O)N1Cc1ccccc1. The molecule has 2 aromatic carbocycles. The van der Waals surface area contributed by atoms with Crippen molar-refractivity contribution in [1.29, 1.82) is 0 Å². The number of benzene rings is 2. The standard InChI is InChI=1S/C24H21F3N2O3/c1-15-19(20(30)17-10-6-3-7-11-17)23(24(25,26)27,28-21(31)18-12-13-18)22(32)29(15)14-16-8-4-2-5-9-16/h2-11,18H,12-14H2,1H3,(H,28,31)/t23-/m1/s1. The molecule has 5 nitrogen and oxygen atoms in total. The summed E-state index contributed by atoms with van der Waals surface area (Å²) in [6.45, 7) is 1.15. The lowest BCUT2D eigenvalue weighted by Gasteiger charge is -2.33. The van der Waals surface area contributed by atoms with E-state index < -0.39 is 40.8 Å². The van der Waals surface area contributed by atoms with Gasteiger partial charge in [0.15, 0.2) is 5.78 Å². The highest BCUT2D eigenvalue weighted by Crippen LogP contribution is 2.47. The van der Waals surface area contributed by atoms with Crippen LogP contribution in [0.15, 0.2) is 71.9 Å². The second-order valence-electron chi connectivity index (χ2n) is 8.04.